The van der Waals surface area contributed by atoms with Crippen LogP contribution < -0.4 is 10.6 Å². The van der Waals surface area contributed by atoms with Crippen molar-refractivity contribution in [2.75, 3.05) is 12.4 Å². The van der Waals surface area contributed by atoms with Crippen molar-refractivity contribution in [3.05, 3.63) is 65.2 Å². The smallest absolute Gasteiger partial charge is 0.314 e. The molecule has 0 heterocycles. The molecule has 2 amide bonds. The molecule has 0 spiro atoms. The molecule has 2 aromatic rings. The zero-order valence-corrected chi connectivity index (χ0v) is 15.0. The average molecular weight is 354 g/mol. The molecular formula is C20H22N2O4. The third kappa shape index (κ3) is 3.91. The molecule has 2 aromatic carbocycles. The van der Waals surface area contributed by atoms with Gasteiger partial charge in [-0.3, -0.25) is 14.4 Å². The highest BCUT2D eigenvalue weighted by atomic mass is 16.4. The number of carbonyl (C=O) groups is 3. The first-order chi connectivity index (χ1) is 12.3. The third-order valence-electron chi connectivity index (χ3n) is 4.48. The van der Waals surface area contributed by atoms with Crippen LogP contribution in [-0.4, -0.2) is 29.9 Å². The van der Waals surface area contributed by atoms with Crippen molar-refractivity contribution in [2.24, 2.45) is 0 Å². The van der Waals surface area contributed by atoms with E-state index >= 15 is 0 Å². The molecule has 3 N–H and O–H groups in total. The van der Waals surface area contributed by atoms with Gasteiger partial charge in [0.05, 0.1) is 5.41 Å². The maximum absolute atomic E-state index is 12.5. The third-order valence-corrected chi connectivity index (χ3v) is 4.48. The number of anilines is 1. The molecule has 0 saturated heterocycles. The van der Waals surface area contributed by atoms with Gasteiger partial charge in [0.2, 0.25) is 5.91 Å². The molecule has 6 heteroatoms. The predicted molar refractivity (Wildman–Crippen MR) is 99.2 cm³/mol. The number of rotatable bonds is 6. The summed E-state index contributed by atoms with van der Waals surface area (Å²) in [6.07, 6.45) is -0.226. The molecule has 2 rings (SSSR count). The fourth-order valence-corrected chi connectivity index (χ4v) is 2.77. The lowest BCUT2D eigenvalue weighted by atomic mass is 9.79. The van der Waals surface area contributed by atoms with E-state index in [2.05, 4.69) is 10.6 Å². The van der Waals surface area contributed by atoms with E-state index in [1.54, 1.807) is 55.5 Å². The fraction of sp³-hybridized carbons (Fsp3) is 0.250. The SMILES string of the molecule is CNC(=O)c1cccc(NC(=O)C[C@@](C)(C(=O)O)c2ccccc2)c1C. The molecule has 26 heavy (non-hydrogen) atoms. The number of nitrogens with one attached hydrogen (secondary N) is 2. The molecule has 136 valence electrons. The second-order valence-electron chi connectivity index (χ2n) is 6.29. The Bertz CT molecular complexity index is 833. The van der Waals surface area contributed by atoms with Gasteiger partial charge >= 0.3 is 5.97 Å². The lowest BCUT2D eigenvalue weighted by Crippen LogP contribution is -2.36. The summed E-state index contributed by atoms with van der Waals surface area (Å²) in [6.45, 7) is 3.26. The first-order valence-electron chi connectivity index (χ1n) is 8.20. The normalized spacial score (nSPS) is 12.7. The topological polar surface area (TPSA) is 95.5 Å². The Morgan fingerprint density at radius 2 is 1.69 bits per heavy atom. The summed E-state index contributed by atoms with van der Waals surface area (Å²) in [6, 6.07) is 13.7. The average Bonchev–Trinajstić information content (AvgIpc) is 2.63. The minimum Gasteiger partial charge on any atom is -0.481 e. The molecule has 0 unspecified atom stereocenters. The fourth-order valence-electron chi connectivity index (χ4n) is 2.77. The van der Waals surface area contributed by atoms with Crippen LogP contribution in [-0.2, 0) is 15.0 Å². The largest absolute Gasteiger partial charge is 0.481 e. The Morgan fingerprint density at radius 1 is 1.04 bits per heavy atom. The number of carbonyl (C=O) groups excluding carboxylic acids is 2. The van der Waals surface area contributed by atoms with Gasteiger partial charge in [0.15, 0.2) is 0 Å². The number of carboxylic acids is 1. The van der Waals surface area contributed by atoms with Crippen LogP contribution in [0.25, 0.3) is 0 Å². The number of benzene rings is 2. The molecule has 0 bridgehead atoms. The molecule has 0 radical (unpaired) electrons. The van der Waals surface area contributed by atoms with Gasteiger partial charge in [-0.15, -0.1) is 0 Å². The molecule has 0 fully saturated rings. The molecule has 0 saturated carbocycles. The van der Waals surface area contributed by atoms with E-state index in [-0.39, 0.29) is 12.3 Å². The molecule has 0 aliphatic heterocycles. The molecule has 6 nitrogen and oxygen atoms in total. The van der Waals surface area contributed by atoms with Crippen molar-refractivity contribution in [1.82, 2.24) is 5.32 Å². The molecule has 0 aliphatic carbocycles. The Kier molecular flexibility index (Phi) is 5.77. The minimum atomic E-state index is -1.35. The Balaban J connectivity index is 2.25. The van der Waals surface area contributed by atoms with Crippen molar-refractivity contribution in [1.29, 1.82) is 0 Å². The van der Waals surface area contributed by atoms with Crippen LogP contribution >= 0.6 is 0 Å². The van der Waals surface area contributed by atoms with Crippen molar-refractivity contribution in [3.63, 3.8) is 0 Å². The van der Waals surface area contributed by atoms with Gasteiger partial charge in [0.25, 0.3) is 5.91 Å². The molecule has 1 atom stereocenters. The quantitative estimate of drug-likeness (QED) is 0.743. The molecule has 0 aliphatic rings. The lowest BCUT2D eigenvalue weighted by molar-refractivity contribution is -0.145. The predicted octanol–water partition coefficient (Wildman–Crippen LogP) is 2.73. The van der Waals surface area contributed by atoms with Crippen LogP contribution in [0.4, 0.5) is 5.69 Å². The highest BCUT2D eigenvalue weighted by Crippen LogP contribution is 2.29. The number of amides is 2. The standard InChI is InChI=1S/C20H22N2O4/c1-13-15(18(24)21-3)10-7-11-16(13)22-17(23)12-20(2,19(25)26)14-8-5-4-6-9-14/h4-11H,12H2,1-3H3,(H,21,24)(H,22,23)(H,25,26)/t20-/m1/s1. The van der Waals surface area contributed by atoms with Gasteiger partial charge in [-0.2, -0.15) is 0 Å². The monoisotopic (exact) mass is 354 g/mol. The highest BCUT2D eigenvalue weighted by Gasteiger charge is 2.37. The van der Waals surface area contributed by atoms with Crippen LogP contribution in [0.2, 0.25) is 0 Å². The van der Waals surface area contributed by atoms with Gasteiger partial charge in [-0.1, -0.05) is 36.4 Å². The van der Waals surface area contributed by atoms with E-state index in [1.165, 1.54) is 14.0 Å². The van der Waals surface area contributed by atoms with E-state index in [1.807, 2.05) is 0 Å². The zero-order chi connectivity index (χ0) is 19.3. The summed E-state index contributed by atoms with van der Waals surface area (Å²) >= 11 is 0. The Hall–Kier alpha value is -3.15. The van der Waals surface area contributed by atoms with Crippen molar-refractivity contribution in [3.8, 4) is 0 Å². The maximum atomic E-state index is 12.5. The first kappa shape index (κ1) is 19.2. The van der Waals surface area contributed by atoms with E-state index in [9.17, 15) is 19.5 Å². The summed E-state index contributed by atoms with van der Waals surface area (Å²) in [4.78, 5) is 36.2. The van der Waals surface area contributed by atoms with Crippen LogP contribution in [0, 0.1) is 6.92 Å². The number of hydrogen-bond donors (Lipinski definition) is 3. The summed E-state index contributed by atoms with van der Waals surface area (Å²) in [5, 5.41) is 14.9. The number of hydrogen-bond acceptors (Lipinski definition) is 3. The maximum Gasteiger partial charge on any atom is 0.314 e. The second-order valence-corrected chi connectivity index (χ2v) is 6.29. The lowest BCUT2D eigenvalue weighted by Gasteiger charge is -2.25. The van der Waals surface area contributed by atoms with Crippen LogP contribution in [0.3, 0.4) is 0 Å². The van der Waals surface area contributed by atoms with Crippen LogP contribution in [0.1, 0.15) is 34.8 Å². The Morgan fingerprint density at radius 3 is 2.27 bits per heavy atom. The van der Waals surface area contributed by atoms with Gasteiger partial charge in [0.1, 0.15) is 0 Å². The summed E-state index contributed by atoms with van der Waals surface area (Å²) in [7, 11) is 1.53. The second kappa shape index (κ2) is 7.82. The molecule has 0 aromatic heterocycles. The zero-order valence-electron chi connectivity index (χ0n) is 15.0. The van der Waals surface area contributed by atoms with E-state index in [4.69, 9.17) is 0 Å². The van der Waals surface area contributed by atoms with Gasteiger partial charge in [-0.25, -0.2) is 0 Å². The van der Waals surface area contributed by atoms with E-state index in [0.29, 0.717) is 22.4 Å². The number of carboxylic acid groups (broad SMARTS) is 1. The van der Waals surface area contributed by atoms with Crippen LogP contribution in [0.15, 0.2) is 48.5 Å². The van der Waals surface area contributed by atoms with Gasteiger partial charge < -0.3 is 15.7 Å². The summed E-state index contributed by atoms with van der Waals surface area (Å²) in [5.41, 5.74) is 0.763. The Labute approximate surface area is 152 Å². The summed E-state index contributed by atoms with van der Waals surface area (Å²) in [5.74, 6) is -1.76. The van der Waals surface area contributed by atoms with Crippen molar-refractivity contribution < 1.29 is 19.5 Å². The van der Waals surface area contributed by atoms with Crippen molar-refractivity contribution in [2.45, 2.75) is 25.7 Å². The van der Waals surface area contributed by atoms with Crippen molar-refractivity contribution >= 4 is 23.5 Å². The van der Waals surface area contributed by atoms with Gasteiger partial charge in [0, 0.05) is 24.7 Å². The first-order valence-corrected chi connectivity index (χ1v) is 8.20. The van der Waals surface area contributed by atoms with Gasteiger partial charge in [-0.05, 0) is 37.1 Å². The molecular weight excluding hydrogens is 332 g/mol. The highest BCUT2D eigenvalue weighted by molar-refractivity contribution is 6.00. The van der Waals surface area contributed by atoms with E-state index < -0.39 is 17.3 Å². The minimum absolute atomic E-state index is 0.226. The van der Waals surface area contributed by atoms with Crippen LogP contribution in [0.5, 0.6) is 0 Å². The number of aliphatic carboxylic acids is 1. The summed E-state index contributed by atoms with van der Waals surface area (Å²) < 4.78 is 0. The van der Waals surface area contributed by atoms with E-state index in [0.717, 1.165) is 0 Å².